The molecule has 1 aliphatic rings. The number of rotatable bonds is 7. The van der Waals surface area contributed by atoms with E-state index in [1.54, 1.807) is 25.1 Å². The van der Waals surface area contributed by atoms with Crippen LogP contribution < -0.4 is 20.1 Å². The molecule has 0 atom stereocenters. The van der Waals surface area contributed by atoms with E-state index in [1.165, 1.54) is 0 Å². The topological polar surface area (TPSA) is 81.9 Å². The van der Waals surface area contributed by atoms with Gasteiger partial charge >= 0.3 is 0 Å². The number of allylic oxidation sites excluding steroid dienone is 1. The maximum atomic E-state index is 12.8. The van der Waals surface area contributed by atoms with Gasteiger partial charge in [0.05, 0.1) is 5.56 Å². The number of fused-ring (bicyclic) bond motifs is 1. The van der Waals surface area contributed by atoms with Crippen LogP contribution in [0.1, 0.15) is 35.3 Å². The van der Waals surface area contributed by atoms with E-state index in [0.717, 1.165) is 29.9 Å². The number of amides is 1. The third kappa shape index (κ3) is 4.01. The minimum Gasteiger partial charge on any atom is -0.484 e. The lowest BCUT2D eigenvalue weighted by molar-refractivity contribution is -0.119. The van der Waals surface area contributed by atoms with Gasteiger partial charge in [-0.3, -0.25) is 9.59 Å². The van der Waals surface area contributed by atoms with Gasteiger partial charge in [0.1, 0.15) is 11.5 Å². The Morgan fingerprint density at radius 3 is 2.46 bits per heavy atom. The summed E-state index contributed by atoms with van der Waals surface area (Å²) in [6.07, 6.45) is 1.73. The minimum atomic E-state index is -0.566. The van der Waals surface area contributed by atoms with Gasteiger partial charge in [-0.1, -0.05) is 12.1 Å². The maximum Gasteiger partial charge on any atom is 0.255 e. The van der Waals surface area contributed by atoms with Gasteiger partial charge in [-0.05, 0) is 56.2 Å². The van der Waals surface area contributed by atoms with Crippen LogP contribution in [0.2, 0.25) is 0 Å². The number of primary amides is 1. The number of nitrogens with zero attached hydrogens (tertiary/aromatic N) is 1. The van der Waals surface area contributed by atoms with Gasteiger partial charge in [0.2, 0.25) is 5.78 Å². The van der Waals surface area contributed by atoms with Crippen LogP contribution in [0.25, 0.3) is 6.08 Å². The molecule has 2 N–H and O–H groups in total. The molecule has 2 aromatic rings. The van der Waals surface area contributed by atoms with Crippen molar-refractivity contribution in [1.82, 2.24) is 0 Å². The first-order valence-electron chi connectivity index (χ1n) is 9.28. The van der Waals surface area contributed by atoms with E-state index < -0.39 is 5.91 Å². The smallest absolute Gasteiger partial charge is 0.255 e. The third-order valence-electron chi connectivity index (χ3n) is 4.64. The van der Waals surface area contributed by atoms with E-state index in [0.29, 0.717) is 17.1 Å². The van der Waals surface area contributed by atoms with E-state index in [2.05, 4.69) is 18.7 Å². The first-order chi connectivity index (χ1) is 13.4. The van der Waals surface area contributed by atoms with Gasteiger partial charge in [0, 0.05) is 24.8 Å². The summed E-state index contributed by atoms with van der Waals surface area (Å²) in [6.45, 7) is 7.68. The molecule has 0 bridgehead atoms. The monoisotopic (exact) mass is 380 g/mol. The Labute approximate surface area is 164 Å². The van der Waals surface area contributed by atoms with E-state index in [9.17, 15) is 9.59 Å². The third-order valence-corrected chi connectivity index (χ3v) is 4.64. The largest absolute Gasteiger partial charge is 0.484 e. The van der Waals surface area contributed by atoms with Gasteiger partial charge in [-0.15, -0.1) is 0 Å². The van der Waals surface area contributed by atoms with Crippen molar-refractivity contribution < 1.29 is 19.1 Å². The van der Waals surface area contributed by atoms with Crippen LogP contribution in [0.5, 0.6) is 11.5 Å². The number of hydrogen-bond donors (Lipinski definition) is 1. The number of benzene rings is 2. The normalized spacial score (nSPS) is 14.0. The molecule has 0 aromatic heterocycles. The van der Waals surface area contributed by atoms with Crippen LogP contribution in [-0.4, -0.2) is 31.4 Å². The van der Waals surface area contributed by atoms with Crippen molar-refractivity contribution in [3.63, 3.8) is 0 Å². The van der Waals surface area contributed by atoms with Crippen molar-refractivity contribution in [3.8, 4) is 11.5 Å². The lowest BCUT2D eigenvalue weighted by atomic mass is 10.0. The van der Waals surface area contributed by atoms with Crippen LogP contribution in [0.4, 0.5) is 5.69 Å². The molecule has 0 saturated heterocycles. The highest BCUT2D eigenvalue weighted by molar-refractivity contribution is 6.15. The summed E-state index contributed by atoms with van der Waals surface area (Å²) in [6, 6.07) is 11.3. The maximum absolute atomic E-state index is 12.8. The van der Waals surface area contributed by atoms with Gasteiger partial charge < -0.3 is 20.1 Å². The first-order valence-corrected chi connectivity index (χ1v) is 9.28. The number of Topliss-reactive ketones (excluding diaryl/α,β-unsaturated/α-hetero) is 1. The molecule has 0 radical (unpaired) electrons. The van der Waals surface area contributed by atoms with Crippen molar-refractivity contribution in [2.24, 2.45) is 5.73 Å². The molecule has 28 heavy (non-hydrogen) atoms. The van der Waals surface area contributed by atoms with Crippen LogP contribution in [0.3, 0.4) is 0 Å². The molecule has 2 aromatic carbocycles. The zero-order valence-corrected chi connectivity index (χ0v) is 16.3. The molecule has 0 saturated carbocycles. The molecule has 6 heteroatoms. The summed E-state index contributed by atoms with van der Waals surface area (Å²) in [5, 5.41) is 0. The number of carbonyl (C=O) groups is 2. The van der Waals surface area contributed by atoms with Gasteiger partial charge in [0.25, 0.3) is 5.91 Å². The quantitative estimate of drug-likeness (QED) is 0.745. The molecule has 0 spiro atoms. The predicted octanol–water partition coefficient (Wildman–Crippen LogP) is 3.32. The van der Waals surface area contributed by atoms with E-state index in [-0.39, 0.29) is 18.1 Å². The summed E-state index contributed by atoms with van der Waals surface area (Å²) in [4.78, 5) is 25.9. The molecule has 1 aliphatic heterocycles. The van der Waals surface area contributed by atoms with Crippen molar-refractivity contribution in [2.75, 3.05) is 24.6 Å². The highest BCUT2D eigenvalue weighted by atomic mass is 16.5. The van der Waals surface area contributed by atoms with Crippen molar-refractivity contribution in [2.45, 2.75) is 20.8 Å². The number of aryl methyl sites for hydroxylation is 1. The highest BCUT2D eigenvalue weighted by Gasteiger charge is 2.30. The SMILES string of the molecule is CCN(CC)c1ccc(/C=C2\Oc3cc(OCC(N)=O)cc(C)c3C2=O)cc1. The van der Waals surface area contributed by atoms with E-state index in [1.807, 2.05) is 24.3 Å². The highest BCUT2D eigenvalue weighted by Crippen LogP contribution is 2.37. The van der Waals surface area contributed by atoms with Gasteiger partial charge in [-0.2, -0.15) is 0 Å². The van der Waals surface area contributed by atoms with Crippen molar-refractivity contribution in [3.05, 3.63) is 58.8 Å². The second kappa shape index (κ2) is 8.17. The standard InChI is InChI=1S/C22H24N2O4/c1-4-24(5-2)16-8-6-15(7-9-16)11-19-22(26)21-14(3)10-17(12-18(21)28-19)27-13-20(23)25/h6-12H,4-5,13H2,1-3H3,(H2,23,25)/b19-11-. The van der Waals surface area contributed by atoms with Crippen LogP contribution in [-0.2, 0) is 4.79 Å². The molecule has 3 rings (SSSR count). The number of ketones is 1. The second-order valence-electron chi connectivity index (χ2n) is 6.57. The fraction of sp³-hybridized carbons (Fsp3) is 0.273. The molecule has 0 aliphatic carbocycles. The van der Waals surface area contributed by atoms with E-state index in [4.69, 9.17) is 15.2 Å². The summed E-state index contributed by atoms with van der Waals surface area (Å²) < 4.78 is 11.1. The second-order valence-corrected chi connectivity index (χ2v) is 6.57. The fourth-order valence-corrected chi connectivity index (χ4v) is 3.24. The molecule has 0 fully saturated rings. The lowest BCUT2D eigenvalue weighted by Crippen LogP contribution is -2.21. The molecule has 6 nitrogen and oxygen atoms in total. The molecular weight excluding hydrogens is 356 g/mol. The zero-order valence-electron chi connectivity index (χ0n) is 16.3. The number of hydrogen-bond acceptors (Lipinski definition) is 5. The Hall–Kier alpha value is -3.28. The molecular formula is C22H24N2O4. The van der Waals surface area contributed by atoms with Crippen molar-refractivity contribution >= 4 is 23.5 Å². The Morgan fingerprint density at radius 2 is 1.86 bits per heavy atom. The summed E-state index contributed by atoms with van der Waals surface area (Å²) in [5.41, 5.74) is 8.37. The number of ether oxygens (including phenoxy) is 2. The van der Waals surface area contributed by atoms with Gasteiger partial charge in [0.15, 0.2) is 12.4 Å². The minimum absolute atomic E-state index is 0.165. The van der Waals surface area contributed by atoms with Crippen molar-refractivity contribution in [1.29, 1.82) is 0 Å². The summed E-state index contributed by atoms with van der Waals surface area (Å²) >= 11 is 0. The zero-order chi connectivity index (χ0) is 20.3. The predicted molar refractivity (Wildman–Crippen MR) is 109 cm³/mol. The Balaban J connectivity index is 1.83. The van der Waals surface area contributed by atoms with Crippen LogP contribution in [0.15, 0.2) is 42.2 Å². The van der Waals surface area contributed by atoms with E-state index >= 15 is 0 Å². The molecule has 146 valence electrons. The molecule has 1 heterocycles. The lowest BCUT2D eigenvalue weighted by Gasteiger charge is -2.20. The summed E-state index contributed by atoms with van der Waals surface area (Å²) in [5.74, 6) is 0.398. The van der Waals surface area contributed by atoms with Crippen LogP contribution >= 0.6 is 0 Å². The number of nitrogens with two attached hydrogens (primary N) is 1. The Bertz CT molecular complexity index is 928. The first kappa shape index (κ1) is 19.5. The Morgan fingerprint density at radius 1 is 1.18 bits per heavy atom. The van der Waals surface area contributed by atoms with Crippen LogP contribution in [0, 0.1) is 6.92 Å². The van der Waals surface area contributed by atoms with Gasteiger partial charge in [-0.25, -0.2) is 0 Å². The molecule has 0 unspecified atom stereocenters. The average molecular weight is 380 g/mol. The molecule has 1 amide bonds. The number of anilines is 1. The fourth-order valence-electron chi connectivity index (χ4n) is 3.24. The average Bonchev–Trinajstić information content (AvgIpc) is 2.98. The number of carbonyl (C=O) groups excluding carboxylic acids is 2. The Kier molecular flexibility index (Phi) is 5.68. The summed E-state index contributed by atoms with van der Waals surface area (Å²) in [7, 11) is 0.